The molecule has 5 heteroatoms. The van der Waals surface area contributed by atoms with Crippen molar-refractivity contribution < 1.29 is 9.59 Å². The van der Waals surface area contributed by atoms with Crippen molar-refractivity contribution >= 4 is 12.3 Å². The van der Waals surface area contributed by atoms with E-state index in [-0.39, 0.29) is 11.8 Å². The molecule has 0 radical (unpaired) electrons. The van der Waals surface area contributed by atoms with Crippen LogP contribution in [0.25, 0.3) is 0 Å². The van der Waals surface area contributed by atoms with E-state index < -0.39 is 0 Å². The monoisotopic (exact) mass is 187 g/mol. The lowest BCUT2D eigenvalue weighted by molar-refractivity contribution is -0.120. The van der Waals surface area contributed by atoms with E-state index >= 15 is 0 Å². The van der Waals surface area contributed by atoms with Gasteiger partial charge < -0.3 is 16.4 Å². The van der Waals surface area contributed by atoms with Crippen LogP contribution in [0.15, 0.2) is 0 Å². The summed E-state index contributed by atoms with van der Waals surface area (Å²) in [5.74, 6) is 0.187. The Kier molecular flexibility index (Phi) is 6.91. The largest absolute Gasteiger partial charge is 0.359 e. The van der Waals surface area contributed by atoms with Gasteiger partial charge in [-0.05, 0) is 18.9 Å². The smallest absolute Gasteiger partial charge is 0.219 e. The van der Waals surface area contributed by atoms with E-state index in [1.54, 1.807) is 7.05 Å². The second-order valence-corrected chi connectivity index (χ2v) is 2.84. The lowest BCUT2D eigenvalue weighted by atomic mass is 10.0. The van der Waals surface area contributed by atoms with Gasteiger partial charge in [-0.3, -0.25) is 9.59 Å². The lowest BCUT2D eigenvalue weighted by Gasteiger charge is -2.12. The zero-order chi connectivity index (χ0) is 10.1. The molecule has 2 amide bonds. The van der Waals surface area contributed by atoms with Crippen molar-refractivity contribution in [1.82, 2.24) is 10.6 Å². The summed E-state index contributed by atoms with van der Waals surface area (Å²) in [4.78, 5) is 20.9. The number of rotatable bonds is 7. The topological polar surface area (TPSA) is 84.2 Å². The number of hydrogen-bond acceptors (Lipinski definition) is 3. The van der Waals surface area contributed by atoms with Crippen molar-refractivity contribution in [2.75, 3.05) is 20.1 Å². The van der Waals surface area contributed by atoms with E-state index in [1.807, 2.05) is 0 Å². The van der Waals surface area contributed by atoms with Gasteiger partial charge in [-0.1, -0.05) is 0 Å². The highest BCUT2D eigenvalue weighted by Crippen LogP contribution is 2.02. The fourth-order valence-corrected chi connectivity index (χ4v) is 0.978. The molecule has 4 N–H and O–H groups in total. The summed E-state index contributed by atoms with van der Waals surface area (Å²) in [7, 11) is 1.60. The van der Waals surface area contributed by atoms with Crippen LogP contribution in [0.2, 0.25) is 0 Å². The normalized spacial score (nSPS) is 11.8. The maximum absolute atomic E-state index is 10.9. The molecular formula is C8H17N3O2. The van der Waals surface area contributed by atoms with E-state index in [4.69, 9.17) is 5.73 Å². The molecule has 0 aliphatic heterocycles. The third-order valence-electron chi connectivity index (χ3n) is 1.88. The van der Waals surface area contributed by atoms with E-state index in [0.29, 0.717) is 32.3 Å². The summed E-state index contributed by atoms with van der Waals surface area (Å²) in [5, 5.41) is 5.08. The number of hydrogen-bond donors (Lipinski definition) is 3. The summed E-state index contributed by atoms with van der Waals surface area (Å²) in [6.45, 7) is 1.02. The van der Waals surface area contributed by atoms with Gasteiger partial charge in [0.05, 0.1) is 0 Å². The summed E-state index contributed by atoms with van der Waals surface area (Å²) in [6.07, 6.45) is 1.80. The van der Waals surface area contributed by atoms with Gasteiger partial charge in [0, 0.05) is 20.0 Å². The van der Waals surface area contributed by atoms with Crippen LogP contribution >= 0.6 is 0 Å². The van der Waals surface area contributed by atoms with Crippen molar-refractivity contribution in [1.29, 1.82) is 0 Å². The molecule has 0 bridgehead atoms. The average Bonchev–Trinajstić information content (AvgIpc) is 2.17. The summed E-state index contributed by atoms with van der Waals surface area (Å²) < 4.78 is 0. The molecule has 76 valence electrons. The van der Waals surface area contributed by atoms with Crippen LogP contribution in [0, 0.1) is 5.92 Å². The lowest BCUT2D eigenvalue weighted by Crippen LogP contribution is -2.29. The minimum Gasteiger partial charge on any atom is -0.359 e. The van der Waals surface area contributed by atoms with Crippen LogP contribution < -0.4 is 16.4 Å². The molecule has 1 atom stereocenters. The molecule has 13 heavy (non-hydrogen) atoms. The van der Waals surface area contributed by atoms with Gasteiger partial charge in [0.15, 0.2) is 0 Å². The van der Waals surface area contributed by atoms with Gasteiger partial charge in [0.1, 0.15) is 0 Å². The number of carbonyl (C=O) groups is 2. The first kappa shape index (κ1) is 11.9. The molecule has 0 saturated heterocycles. The Morgan fingerprint density at radius 2 is 2.31 bits per heavy atom. The molecule has 1 unspecified atom stereocenters. The minimum absolute atomic E-state index is 0.00422. The number of nitrogens with two attached hydrogens (primary N) is 1. The fourth-order valence-electron chi connectivity index (χ4n) is 0.978. The number of carbonyl (C=O) groups excluding carboxylic acids is 2. The van der Waals surface area contributed by atoms with Gasteiger partial charge in [-0.25, -0.2) is 0 Å². The fraction of sp³-hybridized carbons (Fsp3) is 0.750. The molecule has 0 aromatic heterocycles. The first-order chi connectivity index (χ1) is 6.24. The predicted octanol–water partition coefficient (Wildman–Crippen LogP) is -1.17. The Balaban J connectivity index is 3.58. The third kappa shape index (κ3) is 6.10. The predicted molar refractivity (Wildman–Crippen MR) is 49.9 cm³/mol. The number of amides is 2. The van der Waals surface area contributed by atoms with Crippen LogP contribution in [0.4, 0.5) is 0 Å². The molecule has 0 heterocycles. The van der Waals surface area contributed by atoms with Gasteiger partial charge in [-0.2, -0.15) is 0 Å². The Morgan fingerprint density at radius 3 is 2.77 bits per heavy atom. The van der Waals surface area contributed by atoms with Gasteiger partial charge >= 0.3 is 0 Å². The Hall–Kier alpha value is -1.10. The van der Waals surface area contributed by atoms with Crippen molar-refractivity contribution in [3.63, 3.8) is 0 Å². The maximum Gasteiger partial charge on any atom is 0.219 e. The number of nitrogens with one attached hydrogen (secondary N) is 2. The van der Waals surface area contributed by atoms with Crippen molar-refractivity contribution in [2.45, 2.75) is 12.8 Å². The van der Waals surface area contributed by atoms with Crippen LogP contribution in [0.5, 0.6) is 0 Å². The molecular weight excluding hydrogens is 170 g/mol. The summed E-state index contributed by atoms with van der Waals surface area (Å²) in [6, 6.07) is 0. The van der Waals surface area contributed by atoms with E-state index in [9.17, 15) is 9.59 Å². The molecule has 0 fully saturated rings. The van der Waals surface area contributed by atoms with E-state index in [1.165, 1.54) is 0 Å². The quantitative estimate of drug-likeness (QED) is 0.439. The summed E-state index contributed by atoms with van der Waals surface area (Å²) >= 11 is 0. The zero-order valence-corrected chi connectivity index (χ0v) is 7.88. The highest BCUT2D eigenvalue weighted by Gasteiger charge is 2.08. The molecule has 0 aromatic rings. The second kappa shape index (κ2) is 7.54. The van der Waals surface area contributed by atoms with E-state index in [0.717, 1.165) is 0 Å². The molecule has 0 spiro atoms. The Bertz CT molecular complexity index is 161. The maximum atomic E-state index is 10.9. The van der Waals surface area contributed by atoms with Crippen LogP contribution in [-0.2, 0) is 9.59 Å². The molecule has 0 aliphatic rings. The molecule has 0 aromatic carbocycles. The zero-order valence-electron chi connectivity index (χ0n) is 7.88. The molecule has 5 nitrogen and oxygen atoms in total. The van der Waals surface area contributed by atoms with E-state index in [2.05, 4.69) is 10.6 Å². The molecule has 0 rings (SSSR count). The highest BCUT2D eigenvalue weighted by molar-refractivity contribution is 5.75. The van der Waals surface area contributed by atoms with Crippen molar-refractivity contribution in [3.05, 3.63) is 0 Å². The Labute approximate surface area is 78.1 Å². The van der Waals surface area contributed by atoms with Crippen LogP contribution in [0.1, 0.15) is 12.8 Å². The van der Waals surface area contributed by atoms with Crippen LogP contribution in [-0.4, -0.2) is 32.5 Å². The van der Waals surface area contributed by atoms with Gasteiger partial charge in [0.2, 0.25) is 12.3 Å². The standard InChI is InChI=1S/C8H17N3O2/c1-10-8(13)3-2-7(4-9)5-11-6-12/h6-7H,2-5,9H2,1H3,(H,10,13)(H,11,12). The molecule has 0 aliphatic carbocycles. The average molecular weight is 187 g/mol. The Morgan fingerprint density at radius 1 is 1.62 bits per heavy atom. The second-order valence-electron chi connectivity index (χ2n) is 2.84. The summed E-state index contributed by atoms with van der Waals surface area (Å²) in [5.41, 5.74) is 5.45. The third-order valence-corrected chi connectivity index (χ3v) is 1.88. The van der Waals surface area contributed by atoms with Gasteiger partial charge in [-0.15, -0.1) is 0 Å². The van der Waals surface area contributed by atoms with Gasteiger partial charge in [0.25, 0.3) is 0 Å². The minimum atomic E-state index is 0.00422. The first-order valence-corrected chi connectivity index (χ1v) is 4.32. The highest BCUT2D eigenvalue weighted by atomic mass is 16.1. The SMILES string of the molecule is CNC(=O)CCC(CN)CNC=O. The van der Waals surface area contributed by atoms with Crippen LogP contribution in [0.3, 0.4) is 0 Å². The molecule has 0 saturated carbocycles. The van der Waals surface area contributed by atoms with Crippen molar-refractivity contribution in [2.24, 2.45) is 11.7 Å². The van der Waals surface area contributed by atoms with Crippen molar-refractivity contribution in [3.8, 4) is 0 Å². The first-order valence-electron chi connectivity index (χ1n) is 4.32.